The van der Waals surface area contributed by atoms with E-state index in [-0.39, 0.29) is 11.1 Å². The third-order valence-electron chi connectivity index (χ3n) is 6.22. The number of benzene rings is 2. The summed E-state index contributed by atoms with van der Waals surface area (Å²) in [6.07, 6.45) is 3.65. The lowest BCUT2D eigenvalue weighted by Gasteiger charge is -2.38. The molecule has 2 aliphatic heterocycles. The molecule has 2 bridgehead atoms. The molecular formula is C23H27NO4. The van der Waals surface area contributed by atoms with Crippen LogP contribution >= 0.6 is 0 Å². The second-order valence-electron chi connectivity index (χ2n) is 7.49. The van der Waals surface area contributed by atoms with E-state index < -0.39 is 11.9 Å². The van der Waals surface area contributed by atoms with Gasteiger partial charge in [-0.25, -0.2) is 9.59 Å². The number of nitrogens with zero attached hydrogens (tertiary/aromatic N) is 1. The van der Waals surface area contributed by atoms with Crippen LogP contribution in [0.5, 0.6) is 0 Å². The van der Waals surface area contributed by atoms with Crippen LogP contribution in [0.3, 0.4) is 0 Å². The molecule has 0 atom stereocenters. The number of hydrogen-bond donors (Lipinski definition) is 2. The molecule has 2 aromatic rings. The van der Waals surface area contributed by atoms with Crippen molar-refractivity contribution in [2.75, 3.05) is 6.54 Å². The maximum Gasteiger partial charge on any atom is 0.414 e. The monoisotopic (exact) mass is 381 g/mol. The van der Waals surface area contributed by atoms with Gasteiger partial charge in [0.2, 0.25) is 0 Å². The molecule has 0 aliphatic carbocycles. The first-order valence-corrected chi connectivity index (χ1v) is 9.79. The Morgan fingerprint density at radius 3 is 1.64 bits per heavy atom. The van der Waals surface area contributed by atoms with Crippen molar-refractivity contribution in [1.29, 1.82) is 0 Å². The number of aliphatic carboxylic acids is 2. The highest BCUT2D eigenvalue weighted by Crippen LogP contribution is 2.64. The molecule has 2 heterocycles. The van der Waals surface area contributed by atoms with E-state index in [0.29, 0.717) is 0 Å². The van der Waals surface area contributed by atoms with Gasteiger partial charge in [-0.2, -0.15) is 0 Å². The summed E-state index contributed by atoms with van der Waals surface area (Å²) >= 11 is 0. The van der Waals surface area contributed by atoms with Crippen LogP contribution < -0.4 is 0 Å². The minimum atomic E-state index is -1.82. The van der Waals surface area contributed by atoms with E-state index in [0.717, 1.165) is 6.42 Å². The van der Waals surface area contributed by atoms with Gasteiger partial charge in [-0.3, -0.25) is 4.90 Å². The van der Waals surface area contributed by atoms with E-state index in [1.807, 2.05) is 0 Å². The van der Waals surface area contributed by atoms with E-state index in [1.165, 1.54) is 41.6 Å². The molecule has 5 heteroatoms. The molecule has 148 valence electrons. The summed E-state index contributed by atoms with van der Waals surface area (Å²) in [5.74, 6) is -3.65. The van der Waals surface area contributed by atoms with Crippen LogP contribution in [0.15, 0.2) is 48.5 Å². The van der Waals surface area contributed by atoms with Crippen LogP contribution in [0.1, 0.15) is 62.3 Å². The first-order chi connectivity index (χ1) is 13.4. The number of carboxylic acid groups (broad SMARTS) is 2. The average molecular weight is 381 g/mol. The molecule has 4 rings (SSSR count). The normalized spacial score (nSPS) is 24.1. The molecule has 0 unspecified atom stereocenters. The van der Waals surface area contributed by atoms with Crippen molar-refractivity contribution in [3.8, 4) is 0 Å². The molecule has 0 spiro atoms. The van der Waals surface area contributed by atoms with Crippen molar-refractivity contribution in [2.45, 2.75) is 51.1 Å². The van der Waals surface area contributed by atoms with Gasteiger partial charge in [-0.05, 0) is 42.0 Å². The van der Waals surface area contributed by atoms with E-state index in [2.05, 4.69) is 74.2 Å². The number of fused-ring (bicyclic) bond motifs is 8. The van der Waals surface area contributed by atoms with Crippen molar-refractivity contribution in [3.63, 3.8) is 0 Å². The minimum absolute atomic E-state index is 0.0400. The second-order valence-corrected chi connectivity index (χ2v) is 7.49. The molecule has 0 aromatic heterocycles. The first kappa shape index (κ1) is 20.1. The van der Waals surface area contributed by atoms with Crippen molar-refractivity contribution in [3.05, 3.63) is 70.8 Å². The van der Waals surface area contributed by atoms with Gasteiger partial charge >= 0.3 is 11.9 Å². The Hall–Kier alpha value is -2.66. The van der Waals surface area contributed by atoms with Crippen LogP contribution in [0.2, 0.25) is 0 Å². The van der Waals surface area contributed by atoms with Crippen molar-refractivity contribution >= 4 is 11.9 Å². The quantitative estimate of drug-likeness (QED) is 0.777. The zero-order valence-corrected chi connectivity index (χ0v) is 16.6. The van der Waals surface area contributed by atoms with Crippen LogP contribution in [0.25, 0.3) is 0 Å². The van der Waals surface area contributed by atoms with Crippen molar-refractivity contribution in [2.24, 2.45) is 0 Å². The maximum atomic E-state index is 9.10. The van der Waals surface area contributed by atoms with E-state index in [9.17, 15) is 0 Å². The number of rotatable bonds is 4. The van der Waals surface area contributed by atoms with Gasteiger partial charge in [0.25, 0.3) is 0 Å². The molecule has 0 amide bonds. The SMILES string of the molecule is CCCCN1C2(C)c3ccccc3C1(CC)c1ccccc12.O=C(O)C(=O)O. The summed E-state index contributed by atoms with van der Waals surface area (Å²) in [4.78, 5) is 21.0. The van der Waals surface area contributed by atoms with Crippen LogP contribution in [0, 0.1) is 0 Å². The van der Waals surface area contributed by atoms with Gasteiger partial charge in [0, 0.05) is 6.54 Å². The number of hydrogen-bond acceptors (Lipinski definition) is 3. The second kappa shape index (κ2) is 7.40. The summed E-state index contributed by atoms with van der Waals surface area (Å²) in [7, 11) is 0. The van der Waals surface area contributed by atoms with Gasteiger partial charge in [0.1, 0.15) is 0 Å². The molecule has 2 aromatic carbocycles. The number of carboxylic acids is 2. The lowest BCUT2D eigenvalue weighted by atomic mass is 9.72. The molecule has 0 saturated carbocycles. The zero-order chi connectivity index (χ0) is 20.5. The molecule has 28 heavy (non-hydrogen) atoms. The predicted octanol–water partition coefficient (Wildman–Crippen LogP) is 4.19. The van der Waals surface area contributed by atoms with E-state index >= 15 is 0 Å². The third kappa shape index (κ3) is 2.65. The first-order valence-electron chi connectivity index (χ1n) is 9.79. The largest absolute Gasteiger partial charge is 0.473 e. The number of carbonyl (C=O) groups is 2. The van der Waals surface area contributed by atoms with Gasteiger partial charge in [-0.1, -0.05) is 68.8 Å². The van der Waals surface area contributed by atoms with Crippen molar-refractivity contribution < 1.29 is 19.8 Å². The molecule has 2 N–H and O–H groups in total. The Labute approximate surface area is 165 Å². The standard InChI is InChI=1S/C21H25N.C2H2O4/c1-4-6-15-22-20(3)16-11-7-9-13-18(16)21(22,5-2)19-14-10-8-12-17(19)20;3-1(4)2(5)6/h7-14H,4-6,15H2,1-3H3;(H,3,4)(H,5,6). The Balaban J connectivity index is 0.000000330. The topological polar surface area (TPSA) is 77.8 Å². The Bertz CT molecular complexity index is 845. The van der Waals surface area contributed by atoms with E-state index in [4.69, 9.17) is 19.8 Å². The average Bonchev–Trinajstić information content (AvgIpc) is 3.06. The number of unbranched alkanes of at least 4 members (excludes halogenated alkanes) is 1. The summed E-state index contributed by atoms with van der Waals surface area (Å²) in [6, 6.07) is 18.2. The Kier molecular flexibility index (Phi) is 5.31. The maximum absolute atomic E-state index is 9.10. The predicted molar refractivity (Wildman–Crippen MR) is 107 cm³/mol. The van der Waals surface area contributed by atoms with Crippen LogP contribution in [-0.4, -0.2) is 33.6 Å². The molecule has 0 radical (unpaired) electrons. The van der Waals surface area contributed by atoms with Crippen LogP contribution in [0.4, 0.5) is 0 Å². The van der Waals surface area contributed by atoms with Gasteiger partial charge < -0.3 is 10.2 Å². The molecule has 0 fully saturated rings. The minimum Gasteiger partial charge on any atom is -0.473 e. The summed E-state index contributed by atoms with van der Waals surface area (Å²) in [6.45, 7) is 8.25. The highest BCUT2D eigenvalue weighted by molar-refractivity contribution is 6.27. The lowest BCUT2D eigenvalue weighted by Crippen LogP contribution is -2.44. The van der Waals surface area contributed by atoms with E-state index in [1.54, 1.807) is 0 Å². The van der Waals surface area contributed by atoms with Crippen molar-refractivity contribution in [1.82, 2.24) is 4.90 Å². The molecule has 5 nitrogen and oxygen atoms in total. The smallest absolute Gasteiger partial charge is 0.414 e. The molecular weight excluding hydrogens is 354 g/mol. The fourth-order valence-electron chi connectivity index (χ4n) is 5.09. The lowest BCUT2D eigenvalue weighted by molar-refractivity contribution is -0.159. The fraction of sp³-hybridized carbons (Fsp3) is 0.391. The Morgan fingerprint density at radius 2 is 1.29 bits per heavy atom. The summed E-state index contributed by atoms with van der Waals surface area (Å²) in [5, 5.41) is 14.8. The summed E-state index contributed by atoms with van der Waals surface area (Å²) < 4.78 is 0. The summed E-state index contributed by atoms with van der Waals surface area (Å²) in [5.41, 5.74) is 6.23. The molecule has 0 saturated heterocycles. The highest BCUT2D eigenvalue weighted by atomic mass is 16.4. The highest BCUT2D eigenvalue weighted by Gasteiger charge is 2.62. The zero-order valence-electron chi connectivity index (χ0n) is 16.6. The van der Waals surface area contributed by atoms with Crippen LogP contribution in [-0.2, 0) is 20.7 Å². The van der Waals surface area contributed by atoms with Gasteiger partial charge in [0.15, 0.2) is 0 Å². The van der Waals surface area contributed by atoms with Gasteiger partial charge in [-0.15, -0.1) is 0 Å². The third-order valence-corrected chi connectivity index (χ3v) is 6.22. The Morgan fingerprint density at radius 1 is 0.857 bits per heavy atom. The molecule has 2 aliphatic rings. The fourth-order valence-corrected chi connectivity index (χ4v) is 5.09. The van der Waals surface area contributed by atoms with Gasteiger partial charge in [0.05, 0.1) is 11.1 Å².